The Bertz CT molecular complexity index is 657. The predicted molar refractivity (Wildman–Crippen MR) is 98.2 cm³/mol. The van der Waals surface area contributed by atoms with E-state index in [1.165, 1.54) is 37.1 Å². The van der Waals surface area contributed by atoms with Crippen LogP contribution in [0.25, 0.3) is 0 Å². The molecule has 2 aromatic rings. The normalized spacial score (nSPS) is 17.0. The van der Waals surface area contributed by atoms with Crippen molar-refractivity contribution in [2.45, 2.75) is 33.2 Å². The summed E-state index contributed by atoms with van der Waals surface area (Å²) in [6, 6.07) is 8.50. The third-order valence-corrected chi connectivity index (χ3v) is 5.17. The molecule has 122 valence electrons. The molecule has 1 aliphatic rings. The van der Waals surface area contributed by atoms with Crippen LogP contribution in [0.1, 0.15) is 36.6 Å². The van der Waals surface area contributed by atoms with Gasteiger partial charge in [-0.05, 0) is 49.9 Å². The van der Waals surface area contributed by atoms with E-state index in [1.54, 1.807) is 11.3 Å². The van der Waals surface area contributed by atoms with Crippen LogP contribution in [0.15, 0.2) is 34.7 Å². The van der Waals surface area contributed by atoms with Crippen LogP contribution in [0.5, 0.6) is 0 Å². The minimum atomic E-state index is 0.834. The van der Waals surface area contributed by atoms with Crippen LogP contribution in [0.3, 0.4) is 0 Å². The molecule has 1 aromatic heterocycles. The second-order valence-electron chi connectivity index (χ2n) is 6.32. The minimum Gasteiger partial charge on any atom is -0.299 e. The molecule has 0 bridgehead atoms. The molecule has 0 aliphatic carbocycles. The molecule has 23 heavy (non-hydrogen) atoms. The van der Waals surface area contributed by atoms with Gasteiger partial charge in [-0.15, -0.1) is 11.3 Å². The molecule has 5 heteroatoms. The maximum atomic E-state index is 4.35. The lowest BCUT2D eigenvalue weighted by Gasteiger charge is -2.30. The monoisotopic (exact) mass is 328 g/mol. The summed E-state index contributed by atoms with van der Waals surface area (Å²) in [6.45, 7) is 7.74. The molecule has 0 amide bonds. The summed E-state index contributed by atoms with van der Waals surface area (Å²) in [5.41, 5.74) is 6.54. The van der Waals surface area contributed by atoms with Gasteiger partial charge in [-0.1, -0.05) is 31.2 Å². The van der Waals surface area contributed by atoms with Gasteiger partial charge in [-0.2, -0.15) is 5.10 Å². The molecule has 0 atom stereocenters. The summed E-state index contributed by atoms with van der Waals surface area (Å²) in [4.78, 5) is 6.90. The molecule has 0 saturated carbocycles. The van der Waals surface area contributed by atoms with Gasteiger partial charge in [0.05, 0.1) is 11.9 Å². The van der Waals surface area contributed by atoms with Gasteiger partial charge in [-0.3, -0.25) is 10.3 Å². The summed E-state index contributed by atoms with van der Waals surface area (Å²) < 4.78 is 0. The third kappa shape index (κ3) is 4.62. The van der Waals surface area contributed by atoms with Gasteiger partial charge in [0.2, 0.25) is 5.13 Å². The van der Waals surface area contributed by atoms with Gasteiger partial charge in [0.25, 0.3) is 0 Å². The standard InChI is InChI=1S/C18H24N4S/c1-14-7-9-22(10-8-14)12-17-6-4-3-5-16(17)11-19-21-18-20-15(2)13-23-18/h3-6,11,13-14H,7-10,12H2,1-2H3,(H,20,21). The molecule has 4 nitrogen and oxygen atoms in total. The molecule has 0 unspecified atom stereocenters. The highest BCUT2D eigenvalue weighted by molar-refractivity contribution is 7.13. The molecule has 1 aromatic carbocycles. The fraction of sp³-hybridized carbons (Fsp3) is 0.444. The van der Waals surface area contributed by atoms with Gasteiger partial charge in [0, 0.05) is 11.9 Å². The topological polar surface area (TPSA) is 40.5 Å². The first kappa shape index (κ1) is 16.1. The number of rotatable bonds is 5. The molecular formula is C18H24N4S. The van der Waals surface area contributed by atoms with E-state index in [0.29, 0.717) is 0 Å². The van der Waals surface area contributed by atoms with Crippen LogP contribution in [0.2, 0.25) is 0 Å². The van der Waals surface area contributed by atoms with E-state index in [1.807, 2.05) is 18.5 Å². The van der Waals surface area contributed by atoms with Gasteiger partial charge < -0.3 is 0 Å². The number of thiazole rings is 1. The largest absolute Gasteiger partial charge is 0.299 e. The van der Waals surface area contributed by atoms with Crippen LogP contribution < -0.4 is 5.43 Å². The maximum absolute atomic E-state index is 4.35. The average molecular weight is 328 g/mol. The molecule has 1 N–H and O–H groups in total. The fourth-order valence-electron chi connectivity index (χ4n) is 2.83. The van der Waals surface area contributed by atoms with Crippen molar-refractivity contribution in [1.82, 2.24) is 9.88 Å². The van der Waals surface area contributed by atoms with E-state index in [9.17, 15) is 0 Å². The molecule has 1 fully saturated rings. The molecule has 3 rings (SSSR count). The zero-order valence-electron chi connectivity index (χ0n) is 13.8. The number of anilines is 1. The summed E-state index contributed by atoms with van der Waals surface area (Å²) in [7, 11) is 0. The first-order valence-corrected chi connectivity index (χ1v) is 9.10. The van der Waals surface area contributed by atoms with Crippen molar-refractivity contribution in [3.63, 3.8) is 0 Å². The first-order valence-electron chi connectivity index (χ1n) is 8.22. The third-order valence-electron chi connectivity index (χ3n) is 4.31. The van der Waals surface area contributed by atoms with E-state index in [-0.39, 0.29) is 0 Å². The van der Waals surface area contributed by atoms with Crippen molar-refractivity contribution in [3.05, 3.63) is 46.5 Å². The highest BCUT2D eigenvalue weighted by Gasteiger charge is 2.16. The number of nitrogens with one attached hydrogen (secondary N) is 1. The number of hydrogen-bond acceptors (Lipinski definition) is 5. The number of nitrogens with zero attached hydrogens (tertiary/aromatic N) is 3. The average Bonchev–Trinajstić information content (AvgIpc) is 2.97. The van der Waals surface area contributed by atoms with Crippen molar-refractivity contribution in [1.29, 1.82) is 0 Å². The van der Waals surface area contributed by atoms with Crippen LogP contribution in [-0.2, 0) is 6.54 Å². The van der Waals surface area contributed by atoms with E-state index in [0.717, 1.165) is 23.3 Å². The molecule has 2 heterocycles. The van der Waals surface area contributed by atoms with Crippen molar-refractivity contribution < 1.29 is 0 Å². The number of aromatic nitrogens is 1. The lowest BCUT2D eigenvalue weighted by atomic mass is 9.98. The summed E-state index contributed by atoms with van der Waals surface area (Å²) in [5.74, 6) is 0.869. The first-order chi connectivity index (χ1) is 11.2. The SMILES string of the molecule is Cc1csc(NN=Cc2ccccc2CN2CCC(C)CC2)n1. The number of hydrogen-bond donors (Lipinski definition) is 1. The van der Waals surface area contributed by atoms with E-state index in [4.69, 9.17) is 0 Å². The van der Waals surface area contributed by atoms with Gasteiger partial charge in [0.15, 0.2) is 0 Å². The van der Waals surface area contributed by atoms with E-state index >= 15 is 0 Å². The molecule has 0 spiro atoms. The predicted octanol–water partition coefficient (Wildman–Crippen LogP) is 4.13. The van der Waals surface area contributed by atoms with Crippen LogP contribution in [-0.4, -0.2) is 29.2 Å². The zero-order chi connectivity index (χ0) is 16.1. The highest BCUT2D eigenvalue weighted by Crippen LogP contribution is 2.19. The number of benzene rings is 1. The second kappa shape index (κ2) is 7.70. The maximum Gasteiger partial charge on any atom is 0.203 e. The Morgan fingerprint density at radius 2 is 2.13 bits per heavy atom. The molecule has 1 aliphatic heterocycles. The summed E-state index contributed by atoms with van der Waals surface area (Å²) in [5, 5.41) is 7.20. The number of likely N-dealkylation sites (tertiary alicyclic amines) is 1. The molecule has 0 radical (unpaired) electrons. The number of hydrazone groups is 1. The quantitative estimate of drug-likeness (QED) is 0.663. The lowest BCUT2D eigenvalue weighted by molar-refractivity contribution is 0.185. The lowest BCUT2D eigenvalue weighted by Crippen LogP contribution is -2.32. The number of piperidine rings is 1. The Morgan fingerprint density at radius 3 is 2.87 bits per heavy atom. The Hall–Kier alpha value is -1.72. The van der Waals surface area contributed by atoms with Crippen molar-refractivity contribution in [2.75, 3.05) is 18.5 Å². The number of aryl methyl sites for hydroxylation is 1. The Kier molecular flexibility index (Phi) is 5.41. The van der Waals surface area contributed by atoms with Crippen LogP contribution >= 0.6 is 11.3 Å². The van der Waals surface area contributed by atoms with E-state index in [2.05, 4.69) is 51.6 Å². The van der Waals surface area contributed by atoms with Crippen molar-refractivity contribution in [2.24, 2.45) is 11.0 Å². The van der Waals surface area contributed by atoms with Gasteiger partial charge in [0.1, 0.15) is 0 Å². The van der Waals surface area contributed by atoms with Crippen LogP contribution in [0.4, 0.5) is 5.13 Å². The Morgan fingerprint density at radius 1 is 1.35 bits per heavy atom. The molecule has 1 saturated heterocycles. The molecular weight excluding hydrogens is 304 g/mol. The summed E-state index contributed by atoms with van der Waals surface area (Å²) >= 11 is 1.57. The summed E-state index contributed by atoms with van der Waals surface area (Å²) in [6.07, 6.45) is 4.51. The van der Waals surface area contributed by atoms with Gasteiger partial charge >= 0.3 is 0 Å². The zero-order valence-corrected chi connectivity index (χ0v) is 14.6. The fourth-order valence-corrected chi connectivity index (χ4v) is 3.46. The minimum absolute atomic E-state index is 0.834. The highest BCUT2D eigenvalue weighted by atomic mass is 32.1. The Balaban J connectivity index is 1.63. The smallest absolute Gasteiger partial charge is 0.203 e. The van der Waals surface area contributed by atoms with Crippen LogP contribution in [0, 0.1) is 12.8 Å². The van der Waals surface area contributed by atoms with Crippen molar-refractivity contribution in [3.8, 4) is 0 Å². The van der Waals surface area contributed by atoms with Crippen molar-refractivity contribution >= 4 is 22.7 Å². The Labute approximate surface area is 142 Å². The van der Waals surface area contributed by atoms with E-state index < -0.39 is 0 Å². The van der Waals surface area contributed by atoms with Gasteiger partial charge in [-0.25, -0.2) is 4.98 Å². The second-order valence-corrected chi connectivity index (χ2v) is 7.18.